The van der Waals surface area contributed by atoms with E-state index in [1.807, 2.05) is 42.5 Å². The molecule has 2 heterocycles. The summed E-state index contributed by atoms with van der Waals surface area (Å²) in [5, 5.41) is 0. The van der Waals surface area contributed by atoms with Gasteiger partial charge in [0.25, 0.3) is 5.56 Å². The van der Waals surface area contributed by atoms with Crippen molar-refractivity contribution in [2.24, 2.45) is 0 Å². The lowest BCUT2D eigenvalue weighted by Crippen LogP contribution is -2.14. The molecule has 0 bridgehead atoms. The lowest BCUT2D eigenvalue weighted by Gasteiger charge is -2.00. The number of H-pyrrole nitrogens is 1. The maximum atomic E-state index is 11.6. The number of hydrogen-bond acceptors (Lipinski definition) is 3. The smallest absolute Gasteiger partial charge is 0.264 e. The number of aromatic nitrogens is 2. The zero-order valence-electron chi connectivity index (χ0n) is 8.60. The zero-order valence-corrected chi connectivity index (χ0v) is 13.2. The number of halogens is 2. The molecule has 0 atom stereocenters. The van der Waals surface area contributed by atoms with Gasteiger partial charge in [-0.15, -0.1) is 11.3 Å². The molecule has 0 radical (unpaired) electrons. The van der Waals surface area contributed by atoms with Gasteiger partial charge in [0.2, 0.25) is 0 Å². The second kappa shape index (κ2) is 4.58. The highest BCUT2D eigenvalue weighted by Gasteiger charge is 2.10. The van der Waals surface area contributed by atoms with Crippen LogP contribution in [0.1, 0.15) is 10.6 Å². The van der Waals surface area contributed by atoms with E-state index in [0.29, 0.717) is 9.39 Å². The van der Waals surface area contributed by atoms with Crippen molar-refractivity contribution in [2.45, 2.75) is 13.8 Å². The summed E-state index contributed by atoms with van der Waals surface area (Å²) in [6, 6.07) is 1.98. The van der Waals surface area contributed by atoms with Gasteiger partial charge in [-0.2, -0.15) is 0 Å². The number of rotatable bonds is 1. The molecule has 6 heteroatoms. The first kappa shape index (κ1) is 12.3. The van der Waals surface area contributed by atoms with Crippen molar-refractivity contribution in [1.82, 2.24) is 9.97 Å². The van der Waals surface area contributed by atoms with Crippen LogP contribution >= 0.6 is 49.9 Å². The lowest BCUT2D eigenvalue weighted by molar-refractivity contribution is 1.06. The Kier molecular flexibility index (Phi) is 3.50. The first-order valence-electron chi connectivity index (χ1n) is 4.51. The standard InChI is InChI=1S/C10H8BrIN2OS/c1-4-8(12)10(15)14-9(13-4)7-3-6(11)5(2)16-7/h3H,1-2H3,(H,13,14,15). The molecule has 2 aromatic rings. The molecule has 0 saturated carbocycles. The number of nitrogens with zero attached hydrogens (tertiary/aromatic N) is 1. The minimum Gasteiger partial charge on any atom is -0.305 e. The molecule has 2 rings (SSSR count). The minimum atomic E-state index is -0.0784. The fourth-order valence-corrected chi connectivity index (χ4v) is 3.00. The zero-order chi connectivity index (χ0) is 11.9. The van der Waals surface area contributed by atoms with Crippen LogP contribution in [0, 0.1) is 17.4 Å². The van der Waals surface area contributed by atoms with E-state index < -0.39 is 0 Å². The summed E-state index contributed by atoms with van der Waals surface area (Å²) in [5.74, 6) is 0.640. The summed E-state index contributed by atoms with van der Waals surface area (Å²) >= 11 is 7.07. The quantitative estimate of drug-likeness (QED) is 0.731. The first-order chi connectivity index (χ1) is 7.49. The van der Waals surface area contributed by atoms with Crippen LogP contribution in [0.4, 0.5) is 0 Å². The third-order valence-electron chi connectivity index (χ3n) is 2.12. The minimum absolute atomic E-state index is 0.0784. The van der Waals surface area contributed by atoms with Crippen LogP contribution in [0.15, 0.2) is 15.3 Å². The van der Waals surface area contributed by atoms with Crippen molar-refractivity contribution in [2.75, 3.05) is 0 Å². The summed E-state index contributed by atoms with van der Waals surface area (Å²) in [6.07, 6.45) is 0. The Balaban J connectivity index is 2.61. The third-order valence-corrected chi connectivity index (χ3v) is 5.53. The fourth-order valence-electron chi connectivity index (χ4n) is 1.26. The molecule has 3 nitrogen and oxygen atoms in total. The van der Waals surface area contributed by atoms with Crippen LogP contribution in [0.3, 0.4) is 0 Å². The summed E-state index contributed by atoms with van der Waals surface area (Å²) in [6.45, 7) is 3.87. The second-order valence-corrected chi connectivity index (χ2v) is 6.52. The summed E-state index contributed by atoms with van der Waals surface area (Å²) in [7, 11) is 0. The maximum Gasteiger partial charge on any atom is 0.264 e. The molecule has 0 aliphatic rings. The molecular formula is C10H8BrIN2OS. The highest BCUT2D eigenvalue weighted by Crippen LogP contribution is 2.31. The van der Waals surface area contributed by atoms with Gasteiger partial charge < -0.3 is 4.98 Å². The largest absolute Gasteiger partial charge is 0.305 e. The van der Waals surface area contributed by atoms with Gasteiger partial charge in [0.15, 0.2) is 5.82 Å². The summed E-state index contributed by atoms with van der Waals surface area (Å²) in [5.41, 5.74) is 0.687. The fraction of sp³-hybridized carbons (Fsp3) is 0.200. The average Bonchev–Trinajstić information content (AvgIpc) is 2.55. The molecule has 2 aromatic heterocycles. The molecule has 84 valence electrons. The number of aromatic amines is 1. The van der Waals surface area contributed by atoms with E-state index in [0.717, 1.165) is 15.0 Å². The molecule has 0 aromatic carbocycles. The number of aryl methyl sites for hydroxylation is 2. The van der Waals surface area contributed by atoms with Crippen molar-refractivity contribution < 1.29 is 0 Å². The van der Waals surface area contributed by atoms with Crippen molar-refractivity contribution in [3.63, 3.8) is 0 Å². The van der Waals surface area contributed by atoms with Crippen LogP contribution in [0.25, 0.3) is 10.7 Å². The van der Waals surface area contributed by atoms with E-state index in [1.54, 1.807) is 11.3 Å². The van der Waals surface area contributed by atoms with Gasteiger partial charge in [0.1, 0.15) is 0 Å². The molecule has 0 amide bonds. The molecule has 0 fully saturated rings. The Morgan fingerprint density at radius 2 is 2.19 bits per heavy atom. The second-order valence-electron chi connectivity index (χ2n) is 3.33. The maximum absolute atomic E-state index is 11.6. The van der Waals surface area contributed by atoms with Crippen molar-refractivity contribution in [3.8, 4) is 10.7 Å². The summed E-state index contributed by atoms with van der Waals surface area (Å²) < 4.78 is 1.69. The van der Waals surface area contributed by atoms with Gasteiger partial charge in [-0.25, -0.2) is 4.98 Å². The molecule has 1 N–H and O–H groups in total. The predicted molar refractivity (Wildman–Crippen MR) is 78.1 cm³/mol. The average molecular weight is 411 g/mol. The highest BCUT2D eigenvalue weighted by atomic mass is 127. The van der Waals surface area contributed by atoms with Crippen LogP contribution in [0.2, 0.25) is 0 Å². The molecule has 0 aliphatic carbocycles. The predicted octanol–water partition coefficient (Wildman–Crippen LogP) is 3.48. The van der Waals surface area contributed by atoms with E-state index in [-0.39, 0.29) is 5.56 Å². The molecule has 16 heavy (non-hydrogen) atoms. The van der Waals surface area contributed by atoms with E-state index >= 15 is 0 Å². The van der Waals surface area contributed by atoms with Gasteiger partial charge in [0.05, 0.1) is 14.1 Å². The number of hydrogen-bond donors (Lipinski definition) is 1. The molecule has 0 aliphatic heterocycles. The monoisotopic (exact) mass is 410 g/mol. The van der Waals surface area contributed by atoms with Crippen LogP contribution in [-0.2, 0) is 0 Å². The van der Waals surface area contributed by atoms with Gasteiger partial charge in [-0.1, -0.05) is 0 Å². The number of thiophene rings is 1. The lowest BCUT2D eigenvalue weighted by atomic mass is 10.4. The van der Waals surface area contributed by atoms with Gasteiger partial charge in [-0.05, 0) is 58.4 Å². The Labute approximate surface area is 119 Å². The van der Waals surface area contributed by atoms with Gasteiger partial charge in [-0.3, -0.25) is 4.79 Å². The SMILES string of the molecule is Cc1nc(-c2cc(Br)c(C)s2)[nH]c(=O)c1I. The third kappa shape index (κ3) is 2.23. The molecular weight excluding hydrogens is 403 g/mol. The Morgan fingerprint density at radius 3 is 2.69 bits per heavy atom. The van der Waals surface area contributed by atoms with Crippen molar-refractivity contribution in [1.29, 1.82) is 0 Å². The molecule has 0 saturated heterocycles. The number of nitrogens with one attached hydrogen (secondary N) is 1. The van der Waals surface area contributed by atoms with Crippen LogP contribution in [0.5, 0.6) is 0 Å². The van der Waals surface area contributed by atoms with E-state index in [1.165, 1.54) is 4.88 Å². The first-order valence-corrected chi connectivity index (χ1v) is 7.20. The normalized spacial score (nSPS) is 10.8. The van der Waals surface area contributed by atoms with E-state index in [4.69, 9.17) is 0 Å². The van der Waals surface area contributed by atoms with Crippen LogP contribution < -0.4 is 5.56 Å². The van der Waals surface area contributed by atoms with Gasteiger partial charge >= 0.3 is 0 Å². The summed E-state index contributed by atoms with van der Waals surface area (Å²) in [4.78, 5) is 20.9. The van der Waals surface area contributed by atoms with E-state index in [2.05, 4.69) is 25.9 Å². The highest BCUT2D eigenvalue weighted by molar-refractivity contribution is 14.1. The molecule has 0 unspecified atom stereocenters. The van der Waals surface area contributed by atoms with E-state index in [9.17, 15) is 4.79 Å². The molecule has 0 spiro atoms. The Hall–Kier alpha value is -0.210. The van der Waals surface area contributed by atoms with Crippen molar-refractivity contribution >= 4 is 49.9 Å². The van der Waals surface area contributed by atoms with Crippen molar-refractivity contribution in [3.05, 3.63) is 35.0 Å². The topological polar surface area (TPSA) is 45.8 Å². The Bertz CT molecular complexity index is 586. The van der Waals surface area contributed by atoms with Crippen LogP contribution in [-0.4, -0.2) is 9.97 Å². The van der Waals surface area contributed by atoms with Gasteiger partial charge in [0, 0.05) is 9.35 Å². The Morgan fingerprint density at radius 1 is 1.50 bits per heavy atom.